The lowest BCUT2D eigenvalue weighted by Gasteiger charge is -2.11. The van der Waals surface area contributed by atoms with Crippen LogP contribution < -0.4 is 5.32 Å². The molecule has 104 valence electrons. The number of rotatable bonds is 3. The Balaban J connectivity index is 2.08. The number of benzene rings is 1. The molecule has 0 radical (unpaired) electrons. The summed E-state index contributed by atoms with van der Waals surface area (Å²) in [7, 11) is 0. The van der Waals surface area contributed by atoms with Crippen molar-refractivity contribution in [3.05, 3.63) is 59.5 Å². The number of aromatic nitrogens is 3. The van der Waals surface area contributed by atoms with Crippen LogP contribution in [0.5, 0.6) is 0 Å². The van der Waals surface area contributed by atoms with Crippen LogP contribution in [0.25, 0.3) is 17.1 Å². The van der Waals surface area contributed by atoms with Crippen LogP contribution in [0, 0.1) is 6.92 Å². The molecule has 1 aromatic carbocycles. The van der Waals surface area contributed by atoms with Crippen molar-refractivity contribution in [2.45, 2.75) is 6.92 Å². The minimum Gasteiger partial charge on any atom is -0.338 e. The molecule has 2 heterocycles. The number of nitrogens with one attached hydrogen (secondary N) is 1. The van der Waals surface area contributed by atoms with Gasteiger partial charge in [-0.3, -0.25) is 4.98 Å². The Morgan fingerprint density at radius 3 is 2.90 bits per heavy atom. The summed E-state index contributed by atoms with van der Waals surface area (Å²) in [6.07, 6.45) is 5.00. The van der Waals surface area contributed by atoms with Gasteiger partial charge in [0.05, 0.1) is 5.52 Å². The first-order valence-electron chi connectivity index (χ1n) is 6.44. The molecule has 5 heteroatoms. The zero-order chi connectivity index (χ0) is 14.8. The van der Waals surface area contributed by atoms with Crippen LogP contribution in [0.2, 0.25) is 5.02 Å². The fourth-order valence-corrected chi connectivity index (χ4v) is 2.21. The Bertz CT molecular complexity index is 830. The van der Waals surface area contributed by atoms with Crippen molar-refractivity contribution in [1.82, 2.24) is 15.0 Å². The molecule has 2 aromatic heterocycles. The van der Waals surface area contributed by atoms with E-state index in [9.17, 15) is 0 Å². The van der Waals surface area contributed by atoms with E-state index in [0.29, 0.717) is 16.4 Å². The van der Waals surface area contributed by atoms with Crippen molar-refractivity contribution in [2.75, 3.05) is 5.32 Å². The molecule has 21 heavy (non-hydrogen) atoms. The molecular formula is C16H13ClN4. The lowest BCUT2D eigenvalue weighted by molar-refractivity contribution is 1.19. The van der Waals surface area contributed by atoms with Crippen molar-refractivity contribution < 1.29 is 0 Å². The highest BCUT2D eigenvalue weighted by atomic mass is 35.5. The summed E-state index contributed by atoms with van der Waals surface area (Å²) < 4.78 is 0. The van der Waals surface area contributed by atoms with Gasteiger partial charge < -0.3 is 5.32 Å². The molecule has 0 aliphatic rings. The fourth-order valence-electron chi connectivity index (χ4n) is 2.03. The molecule has 0 amide bonds. The summed E-state index contributed by atoms with van der Waals surface area (Å²) in [4.78, 5) is 12.9. The molecule has 3 aromatic rings. The summed E-state index contributed by atoms with van der Waals surface area (Å²) in [6.45, 7) is 5.69. The number of fused-ring (bicyclic) bond motifs is 1. The Morgan fingerprint density at radius 2 is 2.10 bits per heavy atom. The van der Waals surface area contributed by atoms with Crippen molar-refractivity contribution in [1.29, 1.82) is 0 Å². The maximum Gasteiger partial charge on any atom is 0.160 e. The summed E-state index contributed by atoms with van der Waals surface area (Å²) in [5.74, 6) is 0.654. The molecule has 0 unspecified atom stereocenters. The predicted molar refractivity (Wildman–Crippen MR) is 86.9 cm³/mol. The third kappa shape index (κ3) is 2.58. The molecule has 0 fully saturated rings. The van der Waals surface area contributed by atoms with Crippen LogP contribution >= 0.6 is 11.6 Å². The highest BCUT2D eigenvalue weighted by molar-refractivity contribution is 6.31. The average molecular weight is 297 g/mol. The Labute approximate surface area is 127 Å². The van der Waals surface area contributed by atoms with E-state index < -0.39 is 0 Å². The molecule has 0 aliphatic heterocycles. The SMILES string of the molecule is C=Cc1cnc2c(Nc3cccc(Cl)c3C)ncnc2c1. The van der Waals surface area contributed by atoms with Gasteiger partial charge in [0, 0.05) is 16.9 Å². The highest BCUT2D eigenvalue weighted by Gasteiger charge is 2.08. The predicted octanol–water partition coefficient (Wildman–Crippen LogP) is 4.37. The monoisotopic (exact) mass is 296 g/mol. The van der Waals surface area contributed by atoms with Gasteiger partial charge in [0.2, 0.25) is 0 Å². The Morgan fingerprint density at radius 1 is 1.24 bits per heavy atom. The third-order valence-corrected chi connectivity index (χ3v) is 3.66. The second-order valence-electron chi connectivity index (χ2n) is 4.60. The molecule has 0 saturated carbocycles. The molecule has 1 N–H and O–H groups in total. The molecule has 0 saturated heterocycles. The van der Waals surface area contributed by atoms with Gasteiger partial charge in [-0.25, -0.2) is 9.97 Å². The number of halogens is 1. The van der Waals surface area contributed by atoms with Gasteiger partial charge in [0.25, 0.3) is 0 Å². The molecule has 3 rings (SSSR count). The van der Waals surface area contributed by atoms with Gasteiger partial charge in [0.15, 0.2) is 5.82 Å². The molecule has 0 bridgehead atoms. The second-order valence-corrected chi connectivity index (χ2v) is 5.01. The zero-order valence-electron chi connectivity index (χ0n) is 11.5. The summed E-state index contributed by atoms with van der Waals surface area (Å²) >= 11 is 6.14. The Kier molecular flexibility index (Phi) is 3.54. The maximum atomic E-state index is 6.14. The van der Waals surface area contributed by atoms with E-state index >= 15 is 0 Å². The molecule has 4 nitrogen and oxygen atoms in total. The normalized spacial score (nSPS) is 10.6. The van der Waals surface area contributed by atoms with Gasteiger partial charge in [-0.2, -0.15) is 0 Å². The molecule has 0 atom stereocenters. The van der Waals surface area contributed by atoms with Crippen molar-refractivity contribution in [2.24, 2.45) is 0 Å². The van der Waals surface area contributed by atoms with Gasteiger partial charge in [0.1, 0.15) is 11.8 Å². The van der Waals surface area contributed by atoms with Gasteiger partial charge in [-0.15, -0.1) is 0 Å². The van der Waals surface area contributed by atoms with E-state index in [1.807, 2.05) is 31.2 Å². The first-order chi connectivity index (χ1) is 10.2. The lowest BCUT2D eigenvalue weighted by atomic mass is 10.2. The highest BCUT2D eigenvalue weighted by Crippen LogP contribution is 2.27. The largest absolute Gasteiger partial charge is 0.338 e. The quantitative estimate of drug-likeness (QED) is 0.779. The van der Waals surface area contributed by atoms with E-state index in [1.165, 1.54) is 6.33 Å². The topological polar surface area (TPSA) is 50.7 Å². The first kappa shape index (κ1) is 13.5. The van der Waals surface area contributed by atoms with E-state index in [4.69, 9.17) is 11.6 Å². The number of hydrogen-bond donors (Lipinski definition) is 1. The zero-order valence-corrected chi connectivity index (χ0v) is 12.2. The minimum absolute atomic E-state index is 0.654. The summed E-state index contributed by atoms with van der Waals surface area (Å²) in [6, 6.07) is 7.62. The van der Waals surface area contributed by atoms with Crippen molar-refractivity contribution in [3.8, 4) is 0 Å². The second kappa shape index (κ2) is 5.50. The molecule has 0 aliphatic carbocycles. The van der Waals surface area contributed by atoms with Crippen LogP contribution in [-0.4, -0.2) is 15.0 Å². The maximum absolute atomic E-state index is 6.14. The summed E-state index contributed by atoms with van der Waals surface area (Å²) in [5.41, 5.74) is 4.27. The molecular weight excluding hydrogens is 284 g/mol. The lowest BCUT2D eigenvalue weighted by Crippen LogP contribution is -1.99. The Hall–Kier alpha value is -2.46. The van der Waals surface area contributed by atoms with Gasteiger partial charge in [-0.05, 0) is 36.2 Å². The van der Waals surface area contributed by atoms with Crippen LogP contribution in [-0.2, 0) is 0 Å². The number of anilines is 2. The minimum atomic E-state index is 0.654. The van der Waals surface area contributed by atoms with Gasteiger partial charge >= 0.3 is 0 Å². The van der Waals surface area contributed by atoms with Gasteiger partial charge in [-0.1, -0.05) is 30.3 Å². The molecule has 0 spiro atoms. The smallest absolute Gasteiger partial charge is 0.160 e. The first-order valence-corrected chi connectivity index (χ1v) is 6.82. The van der Waals surface area contributed by atoms with Crippen LogP contribution in [0.1, 0.15) is 11.1 Å². The van der Waals surface area contributed by atoms with E-state index in [0.717, 1.165) is 22.3 Å². The van der Waals surface area contributed by atoms with E-state index in [-0.39, 0.29) is 0 Å². The van der Waals surface area contributed by atoms with Crippen molar-refractivity contribution in [3.63, 3.8) is 0 Å². The van der Waals surface area contributed by atoms with Crippen LogP contribution in [0.4, 0.5) is 11.5 Å². The average Bonchev–Trinajstić information content (AvgIpc) is 2.51. The number of nitrogens with zero attached hydrogens (tertiary/aromatic N) is 3. The number of hydrogen-bond acceptors (Lipinski definition) is 4. The van der Waals surface area contributed by atoms with Crippen molar-refractivity contribution >= 4 is 40.2 Å². The summed E-state index contributed by atoms with van der Waals surface area (Å²) in [5, 5.41) is 3.98. The van der Waals surface area contributed by atoms with Crippen LogP contribution in [0.15, 0.2) is 43.4 Å². The third-order valence-electron chi connectivity index (χ3n) is 3.25. The fraction of sp³-hybridized carbons (Fsp3) is 0.0625. The van der Waals surface area contributed by atoms with E-state index in [1.54, 1.807) is 12.3 Å². The number of pyridine rings is 1. The standard InChI is InChI=1S/C16H13ClN4/c1-3-11-7-14-15(18-8-11)16(20-9-19-14)21-13-6-4-5-12(17)10(13)2/h3-9H,1H2,2H3,(H,19,20,21). The van der Waals surface area contributed by atoms with Crippen LogP contribution in [0.3, 0.4) is 0 Å². The van der Waals surface area contributed by atoms with E-state index in [2.05, 4.69) is 26.8 Å².